The molecule has 19 heavy (non-hydrogen) atoms. The van der Waals surface area contributed by atoms with Crippen LogP contribution >= 0.6 is 0 Å². The first-order chi connectivity index (χ1) is 9.06. The van der Waals surface area contributed by atoms with Gasteiger partial charge in [0.05, 0.1) is 12.5 Å². The summed E-state index contributed by atoms with van der Waals surface area (Å²) in [7, 11) is 1.82. The van der Waals surface area contributed by atoms with Crippen LogP contribution in [0.25, 0.3) is 0 Å². The quantitative estimate of drug-likeness (QED) is 0.892. The average Bonchev–Trinajstić information content (AvgIpc) is 3.05. The molecule has 0 spiro atoms. The van der Waals surface area contributed by atoms with Crippen molar-refractivity contribution >= 4 is 5.91 Å². The van der Waals surface area contributed by atoms with Crippen molar-refractivity contribution in [2.24, 2.45) is 23.5 Å². The van der Waals surface area contributed by atoms with E-state index in [9.17, 15) is 4.79 Å². The summed E-state index contributed by atoms with van der Waals surface area (Å²) in [6.45, 7) is 2.35. The topological polar surface area (TPSA) is 72.4 Å². The van der Waals surface area contributed by atoms with Gasteiger partial charge in [0.1, 0.15) is 11.5 Å². The Morgan fingerprint density at radius 1 is 1.53 bits per heavy atom. The lowest BCUT2D eigenvalue weighted by molar-refractivity contribution is -0.137. The molecule has 4 atom stereocenters. The van der Waals surface area contributed by atoms with E-state index in [0.29, 0.717) is 18.4 Å². The van der Waals surface area contributed by atoms with Crippen LogP contribution in [0.4, 0.5) is 0 Å². The van der Waals surface area contributed by atoms with Gasteiger partial charge in [-0.25, -0.2) is 0 Å². The first-order valence-electron chi connectivity index (χ1n) is 6.99. The lowest BCUT2D eigenvalue weighted by atomic mass is 9.84. The molecule has 0 saturated heterocycles. The largest absolute Gasteiger partial charge is 0.361 e. The summed E-state index contributed by atoms with van der Waals surface area (Å²) in [4.78, 5) is 14.3. The van der Waals surface area contributed by atoms with Crippen LogP contribution in [0, 0.1) is 24.7 Å². The van der Waals surface area contributed by atoms with Crippen molar-refractivity contribution < 1.29 is 9.32 Å². The molecule has 5 heteroatoms. The Hall–Kier alpha value is -1.36. The second-order valence-corrected chi connectivity index (χ2v) is 6.06. The Labute approximate surface area is 113 Å². The van der Waals surface area contributed by atoms with Crippen molar-refractivity contribution in [3.63, 3.8) is 0 Å². The summed E-state index contributed by atoms with van der Waals surface area (Å²) in [5, 5.41) is 3.93. The monoisotopic (exact) mass is 263 g/mol. The molecule has 0 aliphatic heterocycles. The minimum absolute atomic E-state index is 0.0109. The maximum absolute atomic E-state index is 12.5. The van der Waals surface area contributed by atoms with Crippen LogP contribution in [-0.4, -0.2) is 29.1 Å². The number of hydrogen-bond acceptors (Lipinski definition) is 4. The molecule has 4 unspecified atom stereocenters. The molecule has 0 aromatic carbocycles. The van der Waals surface area contributed by atoms with E-state index in [1.165, 1.54) is 6.42 Å². The Bertz CT molecular complexity index is 483. The van der Waals surface area contributed by atoms with Crippen molar-refractivity contribution in [1.82, 2.24) is 10.1 Å². The zero-order valence-corrected chi connectivity index (χ0v) is 11.5. The van der Waals surface area contributed by atoms with E-state index >= 15 is 0 Å². The van der Waals surface area contributed by atoms with E-state index in [0.717, 1.165) is 24.3 Å². The smallest absolute Gasteiger partial charge is 0.227 e. The number of nitrogens with two attached hydrogens (primary N) is 1. The highest BCUT2D eigenvalue weighted by molar-refractivity contribution is 5.80. The molecule has 3 rings (SSSR count). The highest BCUT2D eigenvalue weighted by Crippen LogP contribution is 2.48. The minimum atomic E-state index is 0.0109. The molecule has 2 saturated carbocycles. The molecule has 2 aliphatic carbocycles. The van der Waals surface area contributed by atoms with E-state index in [-0.39, 0.29) is 17.9 Å². The van der Waals surface area contributed by atoms with Gasteiger partial charge < -0.3 is 15.2 Å². The van der Waals surface area contributed by atoms with Crippen LogP contribution in [0.1, 0.15) is 30.7 Å². The maximum Gasteiger partial charge on any atom is 0.227 e. The molecule has 1 aromatic rings. The number of hydrogen-bond donors (Lipinski definition) is 1. The number of amides is 1. The van der Waals surface area contributed by atoms with Crippen molar-refractivity contribution in [3.8, 4) is 0 Å². The van der Waals surface area contributed by atoms with Gasteiger partial charge in [-0.2, -0.15) is 0 Å². The third-order valence-corrected chi connectivity index (χ3v) is 4.72. The van der Waals surface area contributed by atoms with Gasteiger partial charge in [0.25, 0.3) is 0 Å². The molecular weight excluding hydrogens is 242 g/mol. The maximum atomic E-state index is 12.5. The minimum Gasteiger partial charge on any atom is -0.361 e. The van der Waals surface area contributed by atoms with Crippen LogP contribution in [0.15, 0.2) is 10.6 Å². The molecule has 1 aromatic heterocycles. The predicted octanol–water partition coefficient (Wildman–Crippen LogP) is 1.31. The lowest BCUT2D eigenvalue weighted by Gasteiger charge is -2.30. The normalized spacial score (nSPS) is 32.8. The summed E-state index contributed by atoms with van der Waals surface area (Å²) in [5.74, 6) is 2.00. The molecule has 2 aliphatic rings. The molecule has 2 bridgehead atoms. The summed E-state index contributed by atoms with van der Waals surface area (Å²) in [6.07, 6.45) is 3.49. The fourth-order valence-electron chi connectivity index (χ4n) is 3.77. The highest BCUT2D eigenvalue weighted by Gasteiger charge is 2.49. The lowest BCUT2D eigenvalue weighted by Crippen LogP contribution is -2.45. The van der Waals surface area contributed by atoms with Gasteiger partial charge in [-0.1, -0.05) is 5.16 Å². The van der Waals surface area contributed by atoms with E-state index in [1.54, 1.807) is 4.90 Å². The second kappa shape index (κ2) is 4.63. The number of carbonyl (C=O) groups excluding carboxylic acids is 1. The Balaban J connectivity index is 1.67. The standard InChI is InChI=1S/C14H21N3O2/c1-8-5-11(16-19-8)7-17(2)14(18)12-9-3-4-10(6-9)13(12)15/h5,9-10,12-13H,3-4,6-7,15H2,1-2H3. The van der Waals surface area contributed by atoms with Crippen LogP contribution in [0.5, 0.6) is 0 Å². The molecule has 1 amide bonds. The predicted molar refractivity (Wildman–Crippen MR) is 70.0 cm³/mol. The molecule has 1 heterocycles. The number of nitrogens with zero attached hydrogens (tertiary/aromatic N) is 2. The van der Waals surface area contributed by atoms with Crippen molar-refractivity contribution in [2.75, 3.05) is 7.05 Å². The van der Waals surface area contributed by atoms with E-state index < -0.39 is 0 Å². The van der Waals surface area contributed by atoms with Crippen LogP contribution in [-0.2, 0) is 11.3 Å². The highest BCUT2D eigenvalue weighted by atomic mass is 16.5. The fraction of sp³-hybridized carbons (Fsp3) is 0.714. The first kappa shape index (κ1) is 12.7. The zero-order chi connectivity index (χ0) is 13.6. The second-order valence-electron chi connectivity index (χ2n) is 6.06. The Morgan fingerprint density at radius 2 is 2.26 bits per heavy atom. The van der Waals surface area contributed by atoms with Crippen LogP contribution in [0.2, 0.25) is 0 Å². The molecule has 0 radical (unpaired) electrons. The Kier molecular flexibility index (Phi) is 3.09. The number of aromatic nitrogens is 1. The average molecular weight is 263 g/mol. The molecular formula is C14H21N3O2. The molecule has 2 fully saturated rings. The third kappa shape index (κ3) is 2.16. The van der Waals surface area contributed by atoms with Crippen LogP contribution < -0.4 is 5.73 Å². The number of carbonyl (C=O) groups is 1. The summed E-state index contributed by atoms with van der Waals surface area (Å²) in [6, 6.07) is 1.91. The van der Waals surface area contributed by atoms with E-state index in [4.69, 9.17) is 10.3 Å². The van der Waals surface area contributed by atoms with Gasteiger partial charge in [-0.05, 0) is 38.0 Å². The number of aryl methyl sites for hydroxylation is 1. The first-order valence-corrected chi connectivity index (χ1v) is 6.99. The van der Waals surface area contributed by atoms with Crippen LogP contribution in [0.3, 0.4) is 0 Å². The summed E-state index contributed by atoms with van der Waals surface area (Å²) in [5.41, 5.74) is 7.02. The summed E-state index contributed by atoms with van der Waals surface area (Å²) < 4.78 is 5.03. The van der Waals surface area contributed by atoms with Crippen molar-refractivity contribution in [3.05, 3.63) is 17.5 Å². The van der Waals surface area contributed by atoms with Crippen molar-refractivity contribution in [1.29, 1.82) is 0 Å². The van der Waals surface area contributed by atoms with Gasteiger partial charge >= 0.3 is 0 Å². The van der Waals surface area contributed by atoms with Gasteiger partial charge in [0.15, 0.2) is 0 Å². The Morgan fingerprint density at radius 3 is 2.84 bits per heavy atom. The number of fused-ring (bicyclic) bond motifs is 2. The van der Waals surface area contributed by atoms with Gasteiger partial charge in [0.2, 0.25) is 5.91 Å². The molecule has 5 nitrogen and oxygen atoms in total. The van der Waals surface area contributed by atoms with Crippen molar-refractivity contribution in [2.45, 2.75) is 38.8 Å². The van der Waals surface area contributed by atoms with E-state index in [2.05, 4.69) is 5.16 Å². The fourth-order valence-corrected chi connectivity index (χ4v) is 3.77. The van der Waals surface area contributed by atoms with E-state index in [1.807, 2.05) is 20.0 Å². The van der Waals surface area contributed by atoms with Gasteiger partial charge in [-0.15, -0.1) is 0 Å². The van der Waals surface area contributed by atoms with Gasteiger partial charge in [0, 0.05) is 19.2 Å². The summed E-state index contributed by atoms with van der Waals surface area (Å²) >= 11 is 0. The van der Waals surface area contributed by atoms with Gasteiger partial charge in [-0.3, -0.25) is 4.79 Å². The number of rotatable bonds is 3. The SMILES string of the molecule is Cc1cc(CN(C)C(=O)C2C3CCC(C3)C2N)no1. The zero-order valence-electron chi connectivity index (χ0n) is 11.5. The third-order valence-electron chi connectivity index (χ3n) is 4.72. The molecule has 104 valence electrons. The molecule has 2 N–H and O–H groups in total.